The molecule has 30 heavy (non-hydrogen) atoms. The van der Waals surface area contributed by atoms with Crippen molar-refractivity contribution in [3.05, 3.63) is 48.5 Å². The van der Waals surface area contributed by atoms with Crippen molar-refractivity contribution in [1.82, 2.24) is 0 Å². The van der Waals surface area contributed by atoms with Gasteiger partial charge in [0.15, 0.2) is 24.7 Å². The van der Waals surface area contributed by atoms with Crippen LogP contribution in [0.3, 0.4) is 0 Å². The van der Waals surface area contributed by atoms with E-state index >= 15 is 0 Å². The molecule has 1 N–H and O–H groups in total. The van der Waals surface area contributed by atoms with Gasteiger partial charge in [0.2, 0.25) is 5.91 Å². The minimum Gasteiger partial charge on any atom is -0.490 e. The zero-order valence-electron chi connectivity index (χ0n) is 16.9. The first-order chi connectivity index (χ1) is 14.5. The Balaban J connectivity index is 1.60. The van der Waals surface area contributed by atoms with Crippen LogP contribution in [0.1, 0.15) is 20.3 Å². The van der Waals surface area contributed by atoms with E-state index in [-0.39, 0.29) is 25.0 Å². The maximum absolute atomic E-state index is 12.8. The van der Waals surface area contributed by atoms with Crippen molar-refractivity contribution in [2.75, 3.05) is 30.0 Å². The topological polar surface area (TPSA) is 94.2 Å². The summed E-state index contributed by atoms with van der Waals surface area (Å²) >= 11 is 0. The van der Waals surface area contributed by atoms with Crippen LogP contribution in [0.5, 0.6) is 11.5 Å². The number of nitrogens with zero attached hydrogens (tertiary/aromatic N) is 1. The highest BCUT2D eigenvalue weighted by atomic mass is 16.6. The SMILES string of the molecule is CCOc1ccccc1OCC(=O)OCC(=O)N1c2ccccc2NC(=O)C[C@@H]1C. The third-order valence-electron chi connectivity index (χ3n) is 4.48. The van der Waals surface area contributed by atoms with Crippen LogP contribution >= 0.6 is 0 Å². The Labute approximate surface area is 174 Å². The molecular weight excluding hydrogens is 388 g/mol. The zero-order valence-corrected chi connectivity index (χ0v) is 16.9. The summed E-state index contributed by atoms with van der Waals surface area (Å²) in [7, 11) is 0. The van der Waals surface area contributed by atoms with Gasteiger partial charge in [-0.2, -0.15) is 0 Å². The highest BCUT2D eigenvalue weighted by Crippen LogP contribution is 2.31. The van der Waals surface area contributed by atoms with Gasteiger partial charge in [-0.15, -0.1) is 0 Å². The highest BCUT2D eigenvalue weighted by molar-refractivity contribution is 6.05. The first-order valence-corrected chi connectivity index (χ1v) is 9.70. The number of para-hydroxylation sites is 4. The Morgan fingerprint density at radius 1 is 1.03 bits per heavy atom. The molecule has 158 valence electrons. The van der Waals surface area contributed by atoms with Crippen LogP contribution in [0, 0.1) is 0 Å². The second-order valence-corrected chi connectivity index (χ2v) is 6.71. The Morgan fingerprint density at radius 2 is 1.70 bits per heavy atom. The maximum atomic E-state index is 12.8. The largest absolute Gasteiger partial charge is 0.490 e. The molecule has 8 nitrogen and oxygen atoms in total. The minimum absolute atomic E-state index is 0.145. The van der Waals surface area contributed by atoms with Crippen molar-refractivity contribution in [3.8, 4) is 11.5 Å². The number of hydrogen-bond acceptors (Lipinski definition) is 6. The molecule has 1 aliphatic heterocycles. The molecule has 0 unspecified atom stereocenters. The molecule has 0 bridgehead atoms. The van der Waals surface area contributed by atoms with Gasteiger partial charge in [-0.3, -0.25) is 9.59 Å². The smallest absolute Gasteiger partial charge is 0.344 e. The number of rotatable bonds is 7. The Hall–Kier alpha value is -3.55. The Bertz CT molecular complexity index is 929. The zero-order chi connectivity index (χ0) is 21.5. The van der Waals surface area contributed by atoms with Crippen LogP contribution in [-0.2, 0) is 19.1 Å². The molecule has 0 fully saturated rings. The van der Waals surface area contributed by atoms with Crippen molar-refractivity contribution >= 4 is 29.2 Å². The Morgan fingerprint density at radius 3 is 2.43 bits per heavy atom. The van der Waals surface area contributed by atoms with Crippen molar-refractivity contribution in [1.29, 1.82) is 0 Å². The molecule has 0 aromatic heterocycles. The van der Waals surface area contributed by atoms with Gasteiger partial charge in [-0.25, -0.2) is 4.79 Å². The summed E-state index contributed by atoms with van der Waals surface area (Å²) < 4.78 is 16.0. The molecule has 1 aliphatic rings. The van der Waals surface area contributed by atoms with Crippen LogP contribution in [0.25, 0.3) is 0 Å². The van der Waals surface area contributed by atoms with Gasteiger partial charge >= 0.3 is 5.97 Å². The van der Waals surface area contributed by atoms with E-state index in [1.54, 1.807) is 55.5 Å². The van der Waals surface area contributed by atoms with Gasteiger partial charge in [-0.05, 0) is 38.1 Å². The Kier molecular flexibility index (Phi) is 6.90. The molecule has 8 heteroatoms. The number of anilines is 2. The summed E-state index contributed by atoms with van der Waals surface area (Å²) in [6.45, 7) is 3.27. The average molecular weight is 412 g/mol. The molecule has 0 aliphatic carbocycles. The third-order valence-corrected chi connectivity index (χ3v) is 4.48. The van der Waals surface area contributed by atoms with Gasteiger partial charge in [0.05, 0.1) is 18.0 Å². The first-order valence-electron chi connectivity index (χ1n) is 9.70. The number of carbonyl (C=O) groups excluding carboxylic acids is 3. The van der Waals surface area contributed by atoms with E-state index in [1.165, 1.54) is 4.90 Å². The summed E-state index contributed by atoms with van der Waals surface area (Å²) in [6, 6.07) is 13.6. The number of nitrogens with one attached hydrogen (secondary N) is 1. The molecule has 0 spiro atoms. The quantitative estimate of drug-likeness (QED) is 0.703. The number of carbonyl (C=O) groups is 3. The molecular formula is C22H24N2O6. The van der Waals surface area contributed by atoms with Crippen LogP contribution in [0.4, 0.5) is 11.4 Å². The van der Waals surface area contributed by atoms with E-state index in [9.17, 15) is 14.4 Å². The summed E-state index contributed by atoms with van der Waals surface area (Å²) in [4.78, 5) is 38.4. The lowest BCUT2D eigenvalue weighted by molar-refractivity contribution is -0.150. The predicted molar refractivity (Wildman–Crippen MR) is 111 cm³/mol. The molecule has 2 amide bonds. The van der Waals surface area contributed by atoms with E-state index in [4.69, 9.17) is 14.2 Å². The van der Waals surface area contributed by atoms with E-state index in [0.717, 1.165) is 0 Å². The summed E-state index contributed by atoms with van der Waals surface area (Å²) in [5.74, 6) is -0.337. The average Bonchev–Trinajstić information content (AvgIpc) is 2.85. The number of hydrogen-bond donors (Lipinski definition) is 1. The van der Waals surface area contributed by atoms with E-state index in [2.05, 4.69) is 5.32 Å². The molecule has 3 rings (SSSR count). The van der Waals surface area contributed by atoms with Gasteiger partial charge in [-0.1, -0.05) is 24.3 Å². The van der Waals surface area contributed by atoms with Crippen LogP contribution in [-0.4, -0.2) is 43.6 Å². The van der Waals surface area contributed by atoms with Crippen molar-refractivity contribution in [2.24, 2.45) is 0 Å². The second-order valence-electron chi connectivity index (χ2n) is 6.71. The molecule has 0 saturated carbocycles. The second kappa shape index (κ2) is 9.78. The predicted octanol–water partition coefficient (Wildman–Crippen LogP) is 2.77. The van der Waals surface area contributed by atoms with Crippen LogP contribution in [0.2, 0.25) is 0 Å². The monoisotopic (exact) mass is 412 g/mol. The lowest BCUT2D eigenvalue weighted by Crippen LogP contribution is -2.41. The number of amides is 2. The molecule has 2 aromatic carbocycles. The lowest BCUT2D eigenvalue weighted by atomic mass is 10.1. The maximum Gasteiger partial charge on any atom is 0.344 e. The first kappa shape index (κ1) is 21.2. The van der Waals surface area contributed by atoms with Gasteiger partial charge in [0.1, 0.15) is 0 Å². The molecule has 2 aromatic rings. The van der Waals surface area contributed by atoms with Crippen molar-refractivity contribution in [3.63, 3.8) is 0 Å². The molecule has 1 atom stereocenters. The highest BCUT2D eigenvalue weighted by Gasteiger charge is 2.30. The minimum atomic E-state index is -0.681. The van der Waals surface area contributed by atoms with E-state index < -0.39 is 18.5 Å². The normalized spacial score (nSPS) is 15.5. The van der Waals surface area contributed by atoms with Crippen LogP contribution in [0.15, 0.2) is 48.5 Å². The third kappa shape index (κ3) is 5.08. The number of esters is 1. The van der Waals surface area contributed by atoms with E-state index in [1.807, 2.05) is 6.92 Å². The summed E-state index contributed by atoms with van der Waals surface area (Å²) in [5.41, 5.74) is 1.11. The molecule has 1 heterocycles. The van der Waals surface area contributed by atoms with Gasteiger partial charge < -0.3 is 24.4 Å². The summed E-state index contributed by atoms with van der Waals surface area (Å²) in [6.07, 6.45) is 0.145. The van der Waals surface area contributed by atoms with E-state index in [0.29, 0.717) is 29.5 Å². The fourth-order valence-corrected chi connectivity index (χ4v) is 3.20. The lowest BCUT2D eigenvalue weighted by Gasteiger charge is -2.27. The standard InChI is InChI=1S/C22H24N2O6/c1-3-28-18-10-6-7-11-19(18)29-14-22(27)30-13-21(26)24-15(2)12-20(25)23-16-8-4-5-9-17(16)24/h4-11,15H,3,12-14H2,1-2H3,(H,23,25)/t15-/m0/s1. The van der Waals surface area contributed by atoms with Crippen molar-refractivity contribution in [2.45, 2.75) is 26.3 Å². The number of fused-ring (bicyclic) bond motifs is 1. The number of ether oxygens (including phenoxy) is 3. The van der Waals surface area contributed by atoms with Gasteiger partial charge in [0.25, 0.3) is 5.91 Å². The molecule has 0 radical (unpaired) electrons. The van der Waals surface area contributed by atoms with Gasteiger partial charge in [0, 0.05) is 12.5 Å². The van der Waals surface area contributed by atoms with Crippen LogP contribution < -0.4 is 19.7 Å². The summed E-state index contributed by atoms with van der Waals surface area (Å²) in [5, 5.41) is 2.78. The number of benzene rings is 2. The van der Waals surface area contributed by atoms with Crippen molar-refractivity contribution < 1.29 is 28.6 Å². The fourth-order valence-electron chi connectivity index (χ4n) is 3.20. The fraction of sp³-hybridized carbons (Fsp3) is 0.318. The molecule has 0 saturated heterocycles.